The molecule has 0 aromatic heterocycles. The molecule has 0 aromatic rings. The number of hydrogen-bond acceptors (Lipinski definition) is 1. The van der Waals surface area contributed by atoms with E-state index in [4.69, 9.17) is 5.26 Å². The maximum atomic E-state index is 8.22. The third-order valence-corrected chi connectivity index (χ3v) is 1.04. The summed E-state index contributed by atoms with van der Waals surface area (Å²) in [4.78, 5) is 0. The average Bonchev–Trinajstić information content (AvgIpc) is 1.63. The van der Waals surface area contributed by atoms with Gasteiger partial charge in [0.05, 0.1) is 6.07 Å². The Bertz CT molecular complexity index is 137. The molecule has 0 atom stereocenters. The molecule has 0 rings (SSSR count). The third-order valence-electron chi connectivity index (χ3n) is 1.04. The fourth-order valence-corrected chi connectivity index (χ4v) is 0.813. The van der Waals surface area contributed by atoms with E-state index in [0.29, 0.717) is 5.92 Å². The van der Waals surface area contributed by atoms with Crippen molar-refractivity contribution in [3.8, 4) is 6.07 Å². The van der Waals surface area contributed by atoms with Crippen molar-refractivity contribution in [3.63, 3.8) is 0 Å². The molecule has 0 aliphatic heterocycles. The van der Waals surface area contributed by atoms with Gasteiger partial charge in [-0.25, -0.2) is 0 Å². The van der Waals surface area contributed by atoms with Crippen LogP contribution in [0.25, 0.3) is 0 Å². The van der Waals surface area contributed by atoms with E-state index in [0.717, 1.165) is 6.42 Å². The predicted molar refractivity (Wildman–Crippen MR) is 38.8 cm³/mol. The summed E-state index contributed by atoms with van der Waals surface area (Å²) in [5.41, 5.74) is 1.17. The van der Waals surface area contributed by atoms with Gasteiger partial charge in [-0.15, -0.1) is 0 Å². The fourth-order valence-electron chi connectivity index (χ4n) is 0.813. The molecule has 0 unspecified atom stereocenters. The highest BCUT2D eigenvalue weighted by Crippen LogP contribution is 2.08. The molecule has 50 valence electrons. The lowest BCUT2D eigenvalue weighted by Gasteiger charge is -2.01. The second-order valence-corrected chi connectivity index (χ2v) is 2.72. The Hall–Kier alpha value is -0.770. The molecule has 1 heteroatoms. The zero-order valence-corrected chi connectivity index (χ0v) is 6.31. The molecule has 0 heterocycles. The van der Waals surface area contributed by atoms with Crippen molar-refractivity contribution < 1.29 is 0 Å². The van der Waals surface area contributed by atoms with E-state index in [-0.39, 0.29) is 0 Å². The summed E-state index contributed by atoms with van der Waals surface area (Å²) < 4.78 is 0. The second kappa shape index (κ2) is 4.14. The van der Waals surface area contributed by atoms with E-state index in [9.17, 15) is 0 Å². The molecule has 0 radical (unpaired) electrons. The van der Waals surface area contributed by atoms with Crippen molar-refractivity contribution in [3.05, 3.63) is 11.6 Å². The first kappa shape index (κ1) is 8.23. The number of hydrogen-bond donors (Lipinski definition) is 0. The Morgan fingerprint density at radius 2 is 2.22 bits per heavy atom. The maximum Gasteiger partial charge on any atom is 0.0911 e. The smallest absolute Gasteiger partial charge is 0.0911 e. The summed E-state index contributed by atoms with van der Waals surface area (Å²) in [6.45, 7) is 6.28. The molecule has 0 aliphatic rings. The van der Waals surface area contributed by atoms with Gasteiger partial charge in [-0.1, -0.05) is 19.4 Å². The van der Waals surface area contributed by atoms with Crippen LogP contribution in [0.4, 0.5) is 0 Å². The quantitative estimate of drug-likeness (QED) is 0.517. The highest BCUT2D eigenvalue weighted by molar-refractivity contribution is 5.11. The monoisotopic (exact) mass is 123 g/mol. The minimum Gasteiger partial charge on any atom is -0.193 e. The van der Waals surface area contributed by atoms with Crippen LogP contribution in [0.2, 0.25) is 0 Å². The minimum absolute atomic E-state index is 0.662. The van der Waals surface area contributed by atoms with Crippen LogP contribution >= 0.6 is 0 Å². The van der Waals surface area contributed by atoms with Crippen LogP contribution in [0, 0.1) is 17.2 Å². The van der Waals surface area contributed by atoms with Crippen molar-refractivity contribution in [1.82, 2.24) is 0 Å². The Balaban J connectivity index is 3.66. The lowest BCUT2D eigenvalue weighted by molar-refractivity contribution is 0.642. The zero-order chi connectivity index (χ0) is 7.28. The van der Waals surface area contributed by atoms with Crippen LogP contribution in [-0.4, -0.2) is 0 Å². The first-order valence-corrected chi connectivity index (χ1v) is 3.22. The predicted octanol–water partition coefficient (Wildman–Crippen LogP) is 2.50. The van der Waals surface area contributed by atoms with E-state index in [2.05, 4.69) is 13.8 Å². The topological polar surface area (TPSA) is 23.8 Å². The van der Waals surface area contributed by atoms with Crippen LogP contribution < -0.4 is 0 Å². The van der Waals surface area contributed by atoms with Crippen molar-refractivity contribution in [2.45, 2.75) is 27.2 Å². The second-order valence-electron chi connectivity index (χ2n) is 2.72. The molecule has 9 heavy (non-hydrogen) atoms. The Morgan fingerprint density at radius 1 is 1.67 bits per heavy atom. The van der Waals surface area contributed by atoms with Gasteiger partial charge < -0.3 is 0 Å². The summed E-state index contributed by atoms with van der Waals surface area (Å²) in [5.74, 6) is 0.662. The fraction of sp³-hybridized carbons (Fsp3) is 0.625. The molecular weight excluding hydrogens is 110 g/mol. The molecule has 0 saturated heterocycles. The summed E-state index contributed by atoms with van der Waals surface area (Å²) in [7, 11) is 0. The summed E-state index contributed by atoms with van der Waals surface area (Å²) >= 11 is 0. The molecule has 1 nitrogen and oxygen atoms in total. The lowest BCUT2D eigenvalue weighted by atomic mass is 10.0. The van der Waals surface area contributed by atoms with Crippen LogP contribution in [0.3, 0.4) is 0 Å². The zero-order valence-electron chi connectivity index (χ0n) is 6.31. The van der Waals surface area contributed by atoms with E-state index >= 15 is 0 Å². The summed E-state index contributed by atoms with van der Waals surface area (Å²) in [6.07, 6.45) is 2.65. The van der Waals surface area contributed by atoms with Gasteiger partial charge >= 0.3 is 0 Å². The Kier molecular flexibility index (Phi) is 3.79. The number of nitriles is 1. The van der Waals surface area contributed by atoms with E-state index in [1.54, 1.807) is 6.08 Å². The molecule has 0 spiro atoms. The van der Waals surface area contributed by atoms with Crippen LogP contribution in [-0.2, 0) is 0 Å². The molecule has 0 saturated carbocycles. The number of rotatable bonds is 2. The third kappa shape index (κ3) is 5.10. The molecule has 0 bridgehead atoms. The van der Waals surface area contributed by atoms with Gasteiger partial charge in [-0.2, -0.15) is 5.26 Å². The number of allylic oxidation sites excluding steroid dienone is 2. The molecule has 0 N–H and O–H groups in total. The minimum atomic E-state index is 0.662. The highest BCUT2D eigenvalue weighted by atomic mass is 14.2. The molecule has 0 fully saturated rings. The van der Waals surface area contributed by atoms with Gasteiger partial charge in [0.2, 0.25) is 0 Å². The highest BCUT2D eigenvalue weighted by Gasteiger charge is 1.93. The lowest BCUT2D eigenvalue weighted by Crippen LogP contribution is -1.86. The summed E-state index contributed by atoms with van der Waals surface area (Å²) in [6, 6.07) is 2.01. The van der Waals surface area contributed by atoms with E-state index < -0.39 is 0 Å². The Labute approximate surface area is 57.0 Å². The van der Waals surface area contributed by atoms with Crippen molar-refractivity contribution in [2.24, 2.45) is 5.92 Å². The van der Waals surface area contributed by atoms with Crippen LogP contribution in [0.5, 0.6) is 0 Å². The van der Waals surface area contributed by atoms with Crippen LogP contribution in [0.15, 0.2) is 11.6 Å². The summed E-state index contributed by atoms with van der Waals surface area (Å²) in [5, 5.41) is 8.22. The van der Waals surface area contributed by atoms with E-state index in [1.807, 2.05) is 13.0 Å². The van der Waals surface area contributed by atoms with Gasteiger partial charge in [0.1, 0.15) is 0 Å². The molecule has 0 aliphatic carbocycles. The standard InChI is InChI=1S/C8H13N/c1-7(2)6-8(3)4-5-9/h4,7H,6H2,1-3H3/b8-4+. The van der Waals surface area contributed by atoms with Crippen molar-refractivity contribution >= 4 is 0 Å². The number of nitrogens with zero attached hydrogens (tertiary/aromatic N) is 1. The largest absolute Gasteiger partial charge is 0.193 e. The maximum absolute atomic E-state index is 8.22. The van der Waals surface area contributed by atoms with Crippen molar-refractivity contribution in [1.29, 1.82) is 5.26 Å². The van der Waals surface area contributed by atoms with E-state index in [1.165, 1.54) is 5.57 Å². The van der Waals surface area contributed by atoms with Gasteiger partial charge in [0.15, 0.2) is 0 Å². The molecular formula is C8H13N. The molecule has 0 amide bonds. The van der Waals surface area contributed by atoms with Crippen LogP contribution in [0.1, 0.15) is 27.2 Å². The first-order valence-electron chi connectivity index (χ1n) is 3.22. The van der Waals surface area contributed by atoms with Crippen molar-refractivity contribution in [2.75, 3.05) is 0 Å². The van der Waals surface area contributed by atoms with Gasteiger partial charge in [0, 0.05) is 6.08 Å². The van der Waals surface area contributed by atoms with Gasteiger partial charge in [-0.05, 0) is 19.3 Å². The molecule has 0 aromatic carbocycles. The Morgan fingerprint density at radius 3 is 2.56 bits per heavy atom. The van der Waals surface area contributed by atoms with Gasteiger partial charge in [-0.3, -0.25) is 0 Å². The average molecular weight is 123 g/mol. The van der Waals surface area contributed by atoms with Gasteiger partial charge in [0.25, 0.3) is 0 Å². The first-order chi connectivity index (χ1) is 4.16. The normalized spacial score (nSPS) is 11.7. The SMILES string of the molecule is C/C(=C\C#N)CC(C)C.